The van der Waals surface area contributed by atoms with Gasteiger partial charge in [0.1, 0.15) is 0 Å². The molecule has 0 amide bonds. The molecule has 2 nitrogen and oxygen atoms in total. The van der Waals surface area contributed by atoms with Crippen LogP contribution in [0.3, 0.4) is 0 Å². The fraction of sp³-hybridized carbons (Fsp3) is 0. The first kappa shape index (κ1) is 45.3. The first-order valence-electron chi connectivity index (χ1n) is 26.3. The molecule has 0 radical (unpaired) electrons. The van der Waals surface area contributed by atoms with Crippen molar-refractivity contribution in [2.24, 2.45) is 0 Å². The predicted octanol–water partition coefficient (Wildman–Crippen LogP) is 12.3. The highest BCUT2D eigenvalue weighted by molar-refractivity contribution is 7.21. The average molecular weight is 1000 g/mol. The molecule has 2 aromatic heterocycles. The van der Waals surface area contributed by atoms with Gasteiger partial charge in [-0.2, -0.15) is 0 Å². The van der Waals surface area contributed by atoms with E-state index in [0.29, 0.717) is 0 Å². The highest BCUT2D eigenvalue weighted by Gasteiger charge is 2.44. The highest BCUT2D eigenvalue weighted by Crippen LogP contribution is 2.40. The minimum Gasteiger partial charge on any atom is -0.309 e. The van der Waals surface area contributed by atoms with Crippen molar-refractivity contribution in [1.82, 2.24) is 9.13 Å². The molecule has 0 atom stereocenters. The van der Waals surface area contributed by atoms with Gasteiger partial charge >= 0.3 is 0 Å². The van der Waals surface area contributed by atoms with Crippen molar-refractivity contribution < 1.29 is 0 Å². The Kier molecular flexibility index (Phi) is 11.2. The van der Waals surface area contributed by atoms with Crippen LogP contribution in [-0.4, -0.2) is 25.3 Å². The second kappa shape index (κ2) is 18.9. The van der Waals surface area contributed by atoms with E-state index in [1.54, 1.807) is 0 Å². The second-order valence-electron chi connectivity index (χ2n) is 19.9. The maximum absolute atomic E-state index is 2.97. The van der Waals surface area contributed by atoms with Crippen molar-refractivity contribution in [3.05, 3.63) is 315 Å². The summed E-state index contributed by atoms with van der Waals surface area (Å²) in [5.74, 6) is 0. The molecule has 0 aliphatic heterocycles. The molecule has 76 heavy (non-hydrogen) atoms. The zero-order chi connectivity index (χ0) is 50.5. The minimum atomic E-state index is -2.97. The fourth-order valence-electron chi connectivity index (χ4n) is 12.9. The van der Waals surface area contributed by atoms with Crippen molar-refractivity contribution in [1.29, 1.82) is 0 Å². The summed E-state index contributed by atoms with van der Waals surface area (Å²) >= 11 is 0. The topological polar surface area (TPSA) is 9.86 Å². The van der Waals surface area contributed by atoms with Crippen LogP contribution >= 0.6 is 0 Å². The number of fused-ring (bicyclic) bond motifs is 6. The lowest BCUT2D eigenvalue weighted by Crippen LogP contribution is -2.74. The number of benzene rings is 12. The first-order chi connectivity index (χ1) is 37.7. The number of nitrogens with zero attached hydrogens (tertiary/aromatic N) is 2. The van der Waals surface area contributed by atoms with Gasteiger partial charge in [0.2, 0.25) is 0 Å². The summed E-state index contributed by atoms with van der Waals surface area (Å²) < 4.78 is 5.08. The fourth-order valence-corrected chi connectivity index (χ4v) is 22.7. The third kappa shape index (κ3) is 7.06. The van der Waals surface area contributed by atoms with Gasteiger partial charge in [0.25, 0.3) is 0 Å². The lowest BCUT2D eigenvalue weighted by Gasteiger charge is -2.35. The van der Waals surface area contributed by atoms with E-state index < -0.39 is 16.1 Å². The number of para-hydroxylation sites is 2. The molecular weight excluding hydrogens is 949 g/mol. The van der Waals surface area contributed by atoms with E-state index in [9.17, 15) is 0 Å². The zero-order valence-electron chi connectivity index (χ0n) is 41.9. The van der Waals surface area contributed by atoms with Gasteiger partial charge in [-0.05, 0) is 95.1 Å². The number of aromatic nitrogens is 2. The molecule has 0 spiro atoms. The van der Waals surface area contributed by atoms with Crippen LogP contribution in [0.1, 0.15) is 0 Å². The highest BCUT2D eigenvalue weighted by atomic mass is 28.3. The maximum Gasteiger partial charge on any atom is 0.180 e. The van der Waals surface area contributed by atoms with Gasteiger partial charge in [-0.15, -0.1) is 0 Å². The van der Waals surface area contributed by atoms with E-state index in [0.717, 1.165) is 16.9 Å². The maximum atomic E-state index is 2.56. The van der Waals surface area contributed by atoms with E-state index in [-0.39, 0.29) is 0 Å². The van der Waals surface area contributed by atoms with Crippen LogP contribution in [0.5, 0.6) is 0 Å². The van der Waals surface area contributed by atoms with Crippen LogP contribution in [0.2, 0.25) is 0 Å². The van der Waals surface area contributed by atoms with E-state index in [4.69, 9.17) is 0 Å². The molecule has 4 heteroatoms. The van der Waals surface area contributed by atoms with Gasteiger partial charge in [0.05, 0.1) is 27.8 Å². The molecule has 12 aromatic carbocycles. The number of hydrogen-bond donors (Lipinski definition) is 0. The summed E-state index contributed by atoms with van der Waals surface area (Å²) in [5, 5.41) is 15.8. The first-order valence-corrected chi connectivity index (χ1v) is 30.3. The standard InChI is InChI=1S/C72H52N2Si2/c1-7-27-53(28-8-1)54-29-23-41-61(51-54)75(56-31-9-2-10-32-56,57-33-11-3-12-34-57)62-42-24-30-55(52-62)73-65-45-21-19-43-63(65)71-67(73)47-25-48-68(71)74-66-46-22-20-44-64(66)72-69(74)49-26-50-70(72)76(58-35-13-4-14-36-58,59-37-15-5-16-38-59)60-39-17-6-18-40-60/h1-52H. The van der Waals surface area contributed by atoms with Crippen LogP contribution in [0.15, 0.2) is 315 Å². The zero-order valence-corrected chi connectivity index (χ0v) is 43.9. The van der Waals surface area contributed by atoms with Crippen LogP contribution in [0, 0.1) is 0 Å². The monoisotopic (exact) mass is 1000 g/mol. The molecule has 0 saturated carbocycles. The smallest absolute Gasteiger partial charge is 0.180 e. The second-order valence-corrected chi connectivity index (χ2v) is 27.5. The van der Waals surface area contributed by atoms with Crippen molar-refractivity contribution >= 4 is 101 Å². The molecule has 0 aliphatic carbocycles. The quantitative estimate of drug-likeness (QED) is 0.0903. The van der Waals surface area contributed by atoms with E-state index in [2.05, 4.69) is 325 Å². The summed E-state index contributed by atoms with van der Waals surface area (Å²) in [6.07, 6.45) is 0. The average Bonchev–Trinajstić information content (AvgIpc) is 4.18. The Morgan fingerprint density at radius 1 is 0.224 bits per heavy atom. The molecular formula is C72H52N2Si2. The normalized spacial score (nSPS) is 11.9. The molecule has 358 valence electrons. The molecule has 0 fully saturated rings. The van der Waals surface area contributed by atoms with E-state index in [1.165, 1.54) is 90.7 Å². The summed E-state index contributed by atoms with van der Waals surface area (Å²) in [7, 11) is -5.90. The largest absolute Gasteiger partial charge is 0.309 e. The van der Waals surface area contributed by atoms with Crippen LogP contribution in [0.4, 0.5) is 0 Å². The Labute approximate surface area is 445 Å². The lowest BCUT2D eigenvalue weighted by molar-refractivity contribution is 1.17. The summed E-state index contributed by atoms with van der Waals surface area (Å²) in [4.78, 5) is 0. The van der Waals surface area contributed by atoms with Gasteiger partial charge in [0.15, 0.2) is 16.1 Å². The minimum absolute atomic E-state index is 1.14. The molecule has 0 unspecified atom stereocenters. The molecule has 0 N–H and O–H groups in total. The Morgan fingerprint density at radius 3 is 1.14 bits per heavy atom. The van der Waals surface area contributed by atoms with Crippen molar-refractivity contribution in [2.75, 3.05) is 0 Å². The van der Waals surface area contributed by atoms with Crippen molar-refractivity contribution in [2.45, 2.75) is 0 Å². The molecule has 2 heterocycles. The summed E-state index contributed by atoms with van der Waals surface area (Å²) in [5.41, 5.74) is 9.45. The summed E-state index contributed by atoms with van der Waals surface area (Å²) in [6.45, 7) is 0. The van der Waals surface area contributed by atoms with Gasteiger partial charge in [-0.25, -0.2) is 0 Å². The Balaban J connectivity index is 1.03. The predicted molar refractivity (Wildman–Crippen MR) is 328 cm³/mol. The molecule has 14 rings (SSSR count). The van der Waals surface area contributed by atoms with Crippen LogP contribution in [0.25, 0.3) is 66.1 Å². The molecule has 0 aliphatic rings. The van der Waals surface area contributed by atoms with E-state index in [1.807, 2.05) is 0 Å². The van der Waals surface area contributed by atoms with Gasteiger partial charge in [0, 0.05) is 27.2 Å². The third-order valence-corrected chi connectivity index (χ3v) is 25.6. The summed E-state index contributed by atoms with van der Waals surface area (Å²) in [6, 6.07) is 118. The molecule has 14 aromatic rings. The Bertz CT molecular complexity index is 4240. The van der Waals surface area contributed by atoms with Crippen molar-refractivity contribution in [3.8, 4) is 22.5 Å². The lowest BCUT2D eigenvalue weighted by atomic mass is 10.1. The van der Waals surface area contributed by atoms with E-state index >= 15 is 0 Å². The number of rotatable bonds is 11. The third-order valence-electron chi connectivity index (χ3n) is 16.0. The van der Waals surface area contributed by atoms with Crippen LogP contribution in [-0.2, 0) is 0 Å². The Hall–Kier alpha value is -9.33. The van der Waals surface area contributed by atoms with Crippen LogP contribution < -0.4 is 41.5 Å². The van der Waals surface area contributed by atoms with Gasteiger partial charge in [-0.1, -0.05) is 273 Å². The number of hydrogen-bond acceptors (Lipinski definition) is 0. The van der Waals surface area contributed by atoms with Gasteiger partial charge in [-0.3, -0.25) is 0 Å². The Morgan fingerprint density at radius 2 is 0.592 bits per heavy atom. The van der Waals surface area contributed by atoms with Gasteiger partial charge < -0.3 is 9.13 Å². The molecule has 0 saturated heterocycles. The van der Waals surface area contributed by atoms with Crippen molar-refractivity contribution in [3.63, 3.8) is 0 Å². The SMILES string of the molecule is c1ccc(-c2cccc([Si](c3ccccc3)(c3ccccc3)c3cccc(-n4c5ccccc5c5c(-n6c7ccccc7c7c([Si](c8ccccc8)(c8ccccc8)c8ccccc8)cccc76)cccc54)c3)c2)cc1. The molecule has 0 bridgehead atoms.